The van der Waals surface area contributed by atoms with Gasteiger partial charge < -0.3 is 5.32 Å². The van der Waals surface area contributed by atoms with E-state index in [2.05, 4.69) is 69.4 Å². The van der Waals surface area contributed by atoms with Crippen molar-refractivity contribution in [2.75, 3.05) is 6.54 Å². The van der Waals surface area contributed by atoms with Crippen molar-refractivity contribution in [3.63, 3.8) is 0 Å². The summed E-state index contributed by atoms with van der Waals surface area (Å²) in [6, 6.07) is 8.79. The van der Waals surface area contributed by atoms with Crippen LogP contribution in [0.2, 0.25) is 0 Å². The molecule has 5 heteroatoms. The fourth-order valence-electron chi connectivity index (χ4n) is 2.07. The van der Waals surface area contributed by atoms with Crippen molar-refractivity contribution >= 4 is 22.6 Å². The summed E-state index contributed by atoms with van der Waals surface area (Å²) >= 11 is 2.39. The summed E-state index contributed by atoms with van der Waals surface area (Å²) in [6.07, 6.45) is 3.98. The van der Waals surface area contributed by atoms with Crippen molar-refractivity contribution in [3.8, 4) is 0 Å². The maximum absolute atomic E-state index is 4.19. The summed E-state index contributed by atoms with van der Waals surface area (Å²) in [6.45, 7) is 3.19. The van der Waals surface area contributed by atoms with Crippen LogP contribution in [-0.4, -0.2) is 21.5 Å². The van der Waals surface area contributed by atoms with E-state index in [-0.39, 0.29) is 0 Å². The monoisotopic (exact) mass is 370 g/mol. The summed E-state index contributed by atoms with van der Waals surface area (Å²) in [5.41, 5.74) is 2.36. The molecule has 0 spiro atoms. The van der Waals surface area contributed by atoms with Crippen molar-refractivity contribution in [2.24, 2.45) is 7.05 Å². The second-order valence-corrected chi connectivity index (χ2v) is 5.78. The highest BCUT2D eigenvalue weighted by Gasteiger charge is 2.15. The summed E-state index contributed by atoms with van der Waals surface area (Å²) < 4.78 is 3.04. The van der Waals surface area contributed by atoms with Gasteiger partial charge in [0.25, 0.3) is 0 Å². The fourth-order valence-corrected chi connectivity index (χ4v) is 2.83. The number of nitrogens with one attached hydrogen (secondary N) is 1. The molecule has 0 fully saturated rings. The Kier molecular flexibility index (Phi) is 5.33. The van der Waals surface area contributed by atoms with Crippen molar-refractivity contribution < 1.29 is 0 Å². The predicted molar refractivity (Wildman–Crippen MR) is 84.9 cm³/mol. The second kappa shape index (κ2) is 7.00. The Labute approximate surface area is 127 Å². The van der Waals surface area contributed by atoms with Gasteiger partial charge in [0.2, 0.25) is 0 Å². The van der Waals surface area contributed by atoms with Gasteiger partial charge in [-0.25, -0.2) is 0 Å². The van der Waals surface area contributed by atoms with Gasteiger partial charge in [0.05, 0.1) is 5.69 Å². The van der Waals surface area contributed by atoms with Crippen LogP contribution in [-0.2, 0) is 13.5 Å². The molecule has 1 aromatic carbocycles. The second-order valence-electron chi connectivity index (χ2n) is 4.62. The van der Waals surface area contributed by atoms with Crippen molar-refractivity contribution in [1.82, 2.24) is 20.3 Å². The molecule has 0 saturated heterocycles. The minimum absolute atomic E-state index is 0.296. The first kappa shape index (κ1) is 14.5. The van der Waals surface area contributed by atoms with E-state index in [9.17, 15) is 0 Å². The minimum Gasteiger partial charge on any atom is -0.310 e. The van der Waals surface area contributed by atoms with Crippen LogP contribution in [0.4, 0.5) is 0 Å². The van der Waals surface area contributed by atoms with Crippen LogP contribution in [0.15, 0.2) is 30.5 Å². The van der Waals surface area contributed by atoms with Crippen LogP contribution in [0, 0.1) is 3.57 Å². The number of aryl methyl sites for hydroxylation is 1. The summed E-state index contributed by atoms with van der Waals surface area (Å²) in [7, 11) is 1.90. The number of benzene rings is 1. The lowest BCUT2D eigenvalue weighted by Gasteiger charge is -2.19. The van der Waals surface area contributed by atoms with Gasteiger partial charge in [0.15, 0.2) is 0 Å². The van der Waals surface area contributed by atoms with E-state index < -0.39 is 0 Å². The van der Waals surface area contributed by atoms with Crippen LogP contribution >= 0.6 is 22.6 Å². The molecule has 1 atom stereocenters. The Morgan fingerprint density at radius 3 is 2.79 bits per heavy atom. The van der Waals surface area contributed by atoms with Crippen LogP contribution in [0.1, 0.15) is 30.6 Å². The molecule has 1 unspecified atom stereocenters. The standard InChI is InChI=1S/C14H19IN4/c1-3-8-16-14(9-11-10-19(2)18-17-11)12-6-4-5-7-13(12)15/h4-7,10,14,16H,3,8-9H2,1-2H3. The van der Waals surface area contributed by atoms with Gasteiger partial charge in [-0.15, -0.1) is 5.10 Å². The maximum Gasteiger partial charge on any atom is 0.0845 e. The molecule has 1 aromatic heterocycles. The highest BCUT2D eigenvalue weighted by Crippen LogP contribution is 2.22. The number of hydrogen-bond donors (Lipinski definition) is 1. The normalized spacial score (nSPS) is 12.6. The topological polar surface area (TPSA) is 42.7 Å². The van der Waals surface area contributed by atoms with Gasteiger partial charge in [-0.2, -0.15) is 0 Å². The zero-order valence-corrected chi connectivity index (χ0v) is 13.5. The van der Waals surface area contributed by atoms with Crippen molar-refractivity contribution in [2.45, 2.75) is 25.8 Å². The van der Waals surface area contributed by atoms with Crippen molar-refractivity contribution in [3.05, 3.63) is 45.3 Å². The Hall–Kier alpha value is -0.950. The molecule has 2 aromatic rings. The third-order valence-electron chi connectivity index (χ3n) is 2.98. The molecule has 102 valence electrons. The van der Waals surface area contributed by atoms with E-state index in [1.807, 2.05) is 13.2 Å². The molecule has 1 heterocycles. The number of rotatable bonds is 6. The Balaban J connectivity index is 2.18. The lowest BCUT2D eigenvalue weighted by Crippen LogP contribution is -2.25. The summed E-state index contributed by atoms with van der Waals surface area (Å²) in [4.78, 5) is 0. The molecule has 0 amide bonds. The van der Waals surface area contributed by atoms with E-state index in [1.54, 1.807) is 4.68 Å². The first-order valence-electron chi connectivity index (χ1n) is 6.53. The van der Waals surface area contributed by atoms with Gasteiger partial charge in [-0.3, -0.25) is 4.68 Å². The smallest absolute Gasteiger partial charge is 0.0845 e. The first-order valence-corrected chi connectivity index (χ1v) is 7.61. The minimum atomic E-state index is 0.296. The quantitative estimate of drug-likeness (QED) is 0.796. The molecular formula is C14H19IN4. The number of aromatic nitrogens is 3. The lowest BCUT2D eigenvalue weighted by molar-refractivity contribution is 0.522. The molecule has 4 nitrogen and oxygen atoms in total. The van der Waals surface area contributed by atoms with Gasteiger partial charge in [0.1, 0.15) is 0 Å². The van der Waals surface area contributed by atoms with E-state index in [0.717, 1.165) is 25.1 Å². The van der Waals surface area contributed by atoms with Crippen LogP contribution in [0.3, 0.4) is 0 Å². The van der Waals surface area contributed by atoms with Gasteiger partial charge in [0, 0.05) is 29.3 Å². The fraction of sp³-hybridized carbons (Fsp3) is 0.429. The van der Waals surface area contributed by atoms with Gasteiger partial charge in [-0.1, -0.05) is 30.3 Å². The van der Waals surface area contributed by atoms with Gasteiger partial charge >= 0.3 is 0 Å². The molecule has 0 radical (unpaired) electrons. The summed E-state index contributed by atoms with van der Waals surface area (Å²) in [5, 5.41) is 11.8. The Morgan fingerprint density at radius 2 is 2.16 bits per heavy atom. The molecular weight excluding hydrogens is 351 g/mol. The predicted octanol–water partition coefficient (Wildman–Crippen LogP) is 2.70. The number of nitrogens with zero attached hydrogens (tertiary/aromatic N) is 3. The third kappa shape index (κ3) is 4.01. The lowest BCUT2D eigenvalue weighted by atomic mass is 10.0. The SMILES string of the molecule is CCCNC(Cc1cn(C)nn1)c1ccccc1I. The average Bonchev–Trinajstić information content (AvgIpc) is 2.81. The number of halogens is 1. The van der Waals surface area contributed by atoms with Crippen LogP contribution in [0.5, 0.6) is 0 Å². The Morgan fingerprint density at radius 1 is 1.37 bits per heavy atom. The van der Waals surface area contributed by atoms with Crippen LogP contribution < -0.4 is 5.32 Å². The van der Waals surface area contributed by atoms with Gasteiger partial charge in [-0.05, 0) is 47.2 Å². The number of hydrogen-bond acceptors (Lipinski definition) is 3. The molecule has 0 aliphatic carbocycles. The molecule has 0 saturated carbocycles. The highest BCUT2D eigenvalue weighted by molar-refractivity contribution is 14.1. The summed E-state index contributed by atoms with van der Waals surface area (Å²) in [5.74, 6) is 0. The molecule has 0 aliphatic rings. The molecule has 19 heavy (non-hydrogen) atoms. The third-order valence-corrected chi connectivity index (χ3v) is 3.97. The zero-order chi connectivity index (χ0) is 13.7. The Bertz CT molecular complexity index is 524. The van der Waals surface area contributed by atoms with E-state index in [0.29, 0.717) is 6.04 Å². The molecule has 2 rings (SSSR count). The first-order chi connectivity index (χ1) is 9.20. The zero-order valence-electron chi connectivity index (χ0n) is 11.3. The van der Waals surface area contributed by atoms with E-state index in [1.165, 1.54) is 9.13 Å². The molecule has 1 N–H and O–H groups in total. The molecule has 0 aliphatic heterocycles. The van der Waals surface area contributed by atoms with E-state index in [4.69, 9.17) is 0 Å². The van der Waals surface area contributed by atoms with Crippen molar-refractivity contribution in [1.29, 1.82) is 0 Å². The molecule has 0 bridgehead atoms. The van der Waals surface area contributed by atoms with E-state index >= 15 is 0 Å². The highest BCUT2D eigenvalue weighted by atomic mass is 127. The maximum atomic E-state index is 4.19. The van der Waals surface area contributed by atoms with Crippen LogP contribution in [0.25, 0.3) is 0 Å². The average molecular weight is 370 g/mol. The largest absolute Gasteiger partial charge is 0.310 e.